The van der Waals surface area contributed by atoms with Gasteiger partial charge in [-0.1, -0.05) is 12.1 Å². The van der Waals surface area contributed by atoms with Gasteiger partial charge in [0.1, 0.15) is 5.84 Å². The second-order valence-electron chi connectivity index (χ2n) is 3.44. The van der Waals surface area contributed by atoms with Gasteiger partial charge in [-0.3, -0.25) is 5.32 Å². The van der Waals surface area contributed by atoms with Crippen LogP contribution in [-0.4, -0.2) is 15.8 Å². The van der Waals surface area contributed by atoms with Crippen LogP contribution in [0.4, 0.5) is 5.69 Å². The molecule has 1 heterocycles. The van der Waals surface area contributed by atoms with Crippen LogP contribution in [0.1, 0.15) is 6.92 Å². The number of imidazole rings is 1. The number of hydrogen-bond donors (Lipinski definition) is 2. The molecule has 2 rings (SSSR count). The molecule has 0 radical (unpaired) electrons. The number of nitriles is 1. The van der Waals surface area contributed by atoms with Crippen LogP contribution in [0.3, 0.4) is 0 Å². The smallest absolute Gasteiger partial charge is 0.182 e. The van der Waals surface area contributed by atoms with Gasteiger partial charge in [-0.2, -0.15) is 5.26 Å². The van der Waals surface area contributed by atoms with E-state index in [-0.39, 0.29) is 0 Å². The van der Waals surface area contributed by atoms with E-state index < -0.39 is 0 Å². The van der Waals surface area contributed by atoms with Crippen LogP contribution in [0.25, 0.3) is 11.3 Å². The predicted octanol–water partition coefficient (Wildman–Crippen LogP) is 2.20. The molecule has 1 aromatic carbocycles. The van der Waals surface area contributed by atoms with E-state index in [9.17, 15) is 0 Å². The molecule has 0 saturated carbocycles. The average Bonchev–Trinajstić information content (AvgIpc) is 2.84. The van der Waals surface area contributed by atoms with Gasteiger partial charge in [0.2, 0.25) is 0 Å². The molecule has 84 valence electrons. The highest BCUT2D eigenvalue weighted by atomic mass is 15.0. The van der Waals surface area contributed by atoms with Crippen molar-refractivity contribution in [3.63, 3.8) is 0 Å². The third kappa shape index (κ3) is 2.69. The number of amidine groups is 1. The number of hydrogen-bond acceptors (Lipinski definition) is 3. The highest BCUT2D eigenvalue weighted by Crippen LogP contribution is 2.20. The van der Waals surface area contributed by atoms with Gasteiger partial charge in [0.05, 0.1) is 17.7 Å². The van der Waals surface area contributed by atoms with Gasteiger partial charge in [0.15, 0.2) is 6.19 Å². The monoisotopic (exact) mass is 225 g/mol. The lowest BCUT2D eigenvalue weighted by Crippen LogP contribution is -2.12. The van der Waals surface area contributed by atoms with E-state index in [1.807, 2.05) is 36.7 Å². The van der Waals surface area contributed by atoms with Gasteiger partial charge in [-0.25, -0.2) is 9.98 Å². The van der Waals surface area contributed by atoms with Crippen LogP contribution >= 0.6 is 0 Å². The number of aromatic nitrogens is 2. The minimum absolute atomic E-state index is 0.569. The minimum Gasteiger partial charge on any atom is -0.351 e. The first-order valence-electron chi connectivity index (χ1n) is 5.09. The Balaban J connectivity index is 2.20. The van der Waals surface area contributed by atoms with Gasteiger partial charge in [0, 0.05) is 11.8 Å². The fraction of sp³-hybridized carbons (Fsp3) is 0.0833. The first-order chi connectivity index (χ1) is 8.29. The van der Waals surface area contributed by atoms with E-state index in [0.29, 0.717) is 5.84 Å². The zero-order valence-corrected chi connectivity index (χ0v) is 9.31. The second kappa shape index (κ2) is 4.94. The van der Waals surface area contributed by atoms with Crippen LogP contribution in [0.5, 0.6) is 0 Å². The number of benzene rings is 1. The molecule has 17 heavy (non-hydrogen) atoms. The highest BCUT2D eigenvalue weighted by molar-refractivity contribution is 5.83. The summed E-state index contributed by atoms with van der Waals surface area (Å²) in [5.41, 5.74) is 2.72. The molecule has 0 unspecified atom stereocenters. The molecular weight excluding hydrogens is 214 g/mol. The largest absolute Gasteiger partial charge is 0.351 e. The molecule has 0 saturated heterocycles. The van der Waals surface area contributed by atoms with E-state index in [1.165, 1.54) is 0 Å². The maximum atomic E-state index is 8.43. The fourth-order valence-corrected chi connectivity index (χ4v) is 1.43. The first kappa shape index (κ1) is 10.9. The van der Waals surface area contributed by atoms with Crippen molar-refractivity contribution < 1.29 is 0 Å². The van der Waals surface area contributed by atoms with E-state index in [1.54, 1.807) is 13.3 Å². The summed E-state index contributed by atoms with van der Waals surface area (Å²) in [6, 6.07) is 7.64. The summed E-state index contributed by atoms with van der Waals surface area (Å²) < 4.78 is 0. The van der Waals surface area contributed by atoms with Crippen molar-refractivity contribution in [3.05, 3.63) is 36.8 Å². The Morgan fingerprint density at radius 3 is 2.76 bits per heavy atom. The van der Waals surface area contributed by atoms with Crippen molar-refractivity contribution >= 4 is 11.5 Å². The molecule has 0 bridgehead atoms. The Bertz CT molecular complexity index is 546. The molecule has 1 aromatic heterocycles. The van der Waals surface area contributed by atoms with E-state index in [0.717, 1.165) is 16.9 Å². The Hall–Kier alpha value is -2.61. The molecule has 2 N–H and O–H groups in total. The van der Waals surface area contributed by atoms with Gasteiger partial charge < -0.3 is 4.98 Å². The van der Waals surface area contributed by atoms with Gasteiger partial charge >= 0.3 is 0 Å². The Labute approximate surface area is 98.8 Å². The van der Waals surface area contributed by atoms with Crippen LogP contribution in [-0.2, 0) is 0 Å². The van der Waals surface area contributed by atoms with Crippen LogP contribution < -0.4 is 5.32 Å². The minimum atomic E-state index is 0.569. The molecule has 0 aliphatic rings. The summed E-state index contributed by atoms with van der Waals surface area (Å²) in [6.07, 6.45) is 5.30. The molecule has 0 fully saturated rings. The van der Waals surface area contributed by atoms with Crippen molar-refractivity contribution in [2.75, 3.05) is 0 Å². The SMILES string of the molecule is CC(=Nc1ccc(-c2c[nH]cn2)cc1)NC#N. The molecule has 0 atom stereocenters. The average molecular weight is 225 g/mol. The number of aromatic amines is 1. The van der Waals surface area contributed by atoms with Gasteiger partial charge in [0.25, 0.3) is 0 Å². The highest BCUT2D eigenvalue weighted by Gasteiger charge is 1.99. The lowest BCUT2D eigenvalue weighted by Gasteiger charge is -1.99. The number of H-pyrrole nitrogens is 1. The summed E-state index contributed by atoms with van der Waals surface area (Å²) >= 11 is 0. The second-order valence-corrected chi connectivity index (χ2v) is 3.44. The summed E-state index contributed by atoms with van der Waals surface area (Å²) in [5, 5.41) is 10.9. The molecule has 0 amide bonds. The van der Waals surface area contributed by atoms with Gasteiger partial charge in [-0.15, -0.1) is 0 Å². The summed E-state index contributed by atoms with van der Waals surface area (Å²) in [5.74, 6) is 0.569. The van der Waals surface area contributed by atoms with Crippen molar-refractivity contribution in [1.29, 1.82) is 5.26 Å². The molecule has 0 spiro atoms. The maximum absolute atomic E-state index is 8.43. The van der Waals surface area contributed by atoms with E-state index >= 15 is 0 Å². The Morgan fingerprint density at radius 2 is 2.18 bits per heavy atom. The predicted molar refractivity (Wildman–Crippen MR) is 65.5 cm³/mol. The van der Waals surface area contributed by atoms with Crippen molar-refractivity contribution in [2.24, 2.45) is 4.99 Å². The van der Waals surface area contributed by atoms with Crippen molar-refractivity contribution in [2.45, 2.75) is 6.92 Å². The number of rotatable bonds is 2. The van der Waals surface area contributed by atoms with Crippen molar-refractivity contribution in [1.82, 2.24) is 15.3 Å². The fourth-order valence-electron chi connectivity index (χ4n) is 1.43. The molecule has 5 nitrogen and oxygen atoms in total. The first-order valence-corrected chi connectivity index (χ1v) is 5.09. The van der Waals surface area contributed by atoms with Crippen molar-refractivity contribution in [3.8, 4) is 17.5 Å². The molecule has 0 aliphatic heterocycles. The normalized spacial score (nSPS) is 10.9. The van der Waals surface area contributed by atoms with E-state index in [2.05, 4.69) is 20.3 Å². The topological polar surface area (TPSA) is 76.9 Å². The molecule has 0 aliphatic carbocycles. The Kier molecular flexibility index (Phi) is 3.17. The van der Waals surface area contributed by atoms with Gasteiger partial charge in [-0.05, 0) is 19.1 Å². The summed E-state index contributed by atoms with van der Waals surface area (Å²) in [4.78, 5) is 11.3. The Morgan fingerprint density at radius 1 is 1.41 bits per heavy atom. The zero-order chi connectivity index (χ0) is 12.1. The summed E-state index contributed by atoms with van der Waals surface area (Å²) in [7, 11) is 0. The standard InChI is InChI=1S/C12H11N5/c1-9(15-7-13)17-11-4-2-10(3-5-11)12-6-14-8-16-12/h2-6,8H,1H3,(H,14,16)(H,15,17). The molecular formula is C12H11N5. The zero-order valence-electron chi connectivity index (χ0n) is 9.31. The van der Waals surface area contributed by atoms with Crippen LogP contribution in [0.15, 0.2) is 41.8 Å². The number of nitrogens with zero attached hydrogens (tertiary/aromatic N) is 3. The third-order valence-corrected chi connectivity index (χ3v) is 2.19. The molecule has 5 heteroatoms. The quantitative estimate of drug-likeness (QED) is 0.356. The summed E-state index contributed by atoms with van der Waals surface area (Å²) in [6.45, 7) is 1.74. The molecule has 2 aromatic rings. The lowest BCUT2D eigenvalue weighted by atomic mass is 10.1. The lowest BCUT2D eigenvalue weighted by molar-refractivity contribution is 1.23. The van der Waals surface area contributed by atoms with Crippen LogP contribution in [0, 0.1) is 11.5 Å². The van der Waals surface area contributed by atoms with Crippen LogP contribution in [0.2, 0.25) is 0 Å². The number of aliphatic imine (C=N–C) groups is 1. The number of nitrogens with one attached hydrogen (secondary N) is 2. The van der Waals surface area contributed by atoms with E-state index in [4.69, 9.17) is 5.26 Å². The third-order valence-electron chi connectivity index (χ3n) is 2.19. The maximum Gasteiger partial charge on any atom is 0.182 e.